The van der Waals surface area contributed by atoms with Gasteiger partial charge in [0.05, 0.1) is 23.9 Å². The largest absolute Gasteiger partial charge is 0.394 e. The number of rotatable bonds is 8. The lowest BCUT2D eigenvalue weighted by atomic mass is 10.1. The molecule has 0 bridgehead atoms. The van der Waals surface area contributed by atoms with Crippen molar-refractivity contribution in [2.45, 2.75) is 25.3 Å². The number of nitrogens with two attached hydrogens (primary N) is 1. The molecule has 0 aliphatic carbocycles. The molecule has 0 saturated carbocycles. The average molecular weight is 432 g/mol. The molecule has 2 heterocycles. The molecule has 1 saturated heterocycles. The first-order valence-corrected chi connectivity index (χ1v) is 11.0. The minimum absolute atomic E-state index is 0.134. The van der Waals surface area contributed by atoms with Gasteiger partial charge < -0.3 is 26.4 Å². The molecule has 2 aromatic carbocycles. The summed E-state index contributed by atoms with van der Waals surface area (Å²) in [6.07, 6.45) is 5.19. The van der Waals surface area contributed by atoms with E-state index in [1.54, 1.807) is 6.07 Å². The molecule has 1 aliphatic rings. The molecule has 1 aliphatic heterocycles. The first-order valence-electron chi connectivity index (χ1n) is 11.0. The lowest BCUT2D eigenvalue weighted by Crippen LogP contribution is -2.29. The number of nitrogens with zero attached hydrogens (tertiary/aromatic N) is 2. The Labute approximate surface area is 188 Å². The first-order chi connectivity index (χ1) is 15.6. The molecule has 7 heteroatoms. The molecule has 5 N–H and O–H groups in total. The number of pyridine rings is 1. The number of carbonyl (C=O) groups excluding carboxylic acids is 1. The molecule has 1 aromatic heterocycles. The summed E-state index contributed by atoms with van der Waals surface area (Å²) in [5.41, 5.74) is 9.37. The van der Waals surface area contributed by atoms with Gasteiger partial charge in [-0.2, -0.15) is 0 Å². The summed E-state index contributed by atoms with van der Waals surface area (Å²) >= 11 is 0. The van der Waals surface area contributed by atoms with E-state index in [1.807, 2.05) is 42.5 Å². The van der Waals surface area contributed by atoms with Crippen molar-refractivity contribution in [3.05, 3.63) is 78.0 Å². The first kappa shape index (κ1) is 21.6. The molecule has 7 nitrogen and oxygen atoms in total. The predicted octanol–water partition coefficient (Wildman–Crippen LogP) is 4.06. The second-order valence-corrected chi connectivity index (χ2v) is 7.99. The van der Waals surface area contributed by atoms with Gasteiger partial charge >= 0.3 is 0 Å². The van der Waals surface area contributed by atoms with E-state index < -0.39 is 5.91 Å². The molecule has 0 spiro atoms. The molecule has 1 unspecified atom stereocenters. The summed E-state index contributed by atoms with van der Waals surface area (Å²) in [6, 6.07) is 19.2. The fourth-order valence-electron chi connectivity index (χ4n) is 4.03. The summed E-state index contributed by atoms with van der Waals surface area (Å²) in [5.74, 6) is 0.00134. The monoisotopic (exact) mass is 431 g/mol. The van der Waals surface area contributed by atoms with E-state index in [0.717, 1.165) is 24.3 Å². The summed E-state index contributed by atoms with van der Waals surface area (Å²) in [6.45, 7) is 2.02. The molecule has 32 heavy (non-hydrogen) atoms. The fourth-order valence-corrected chi connectivity index (χ4v) is 4.03. The van der Waals surface area contributed by atoms with Gasteiger partial charge in [-0.25, -0.2) is 4.98 Å². The Morgan fingerprint density at radius 2 is 1.84 bits per heavy atom. The highest BCUT2D eigenvalue weighted by Crippen LogP contribution is 2.28. The van der Waals surface area contributed by atoms with Crippen LogP contribution in [-0.2, 0) is 0 Å². The maximum atomic E-state index is 12.0. The lowest BCUT2D eigenvalue weighted by molar-refractivity contribution is 0.100. The topological polar surface area (TPSA) is 104 Å². The van der Waals surface area contributed by atoms with Crippen molar-refractivity contribution in [1.29, 1.82) is 0 Å². The Balaban J connectivity index is 1.57. The molecular formula is C25H29N5O2. The summed E-state index contributed by atoms with van der Waals surface area (Å²) in [4.78, 5) is 18.7. The minimum Gasteiger partial charge on any atom is -0.394 e. The van der Waals surface area contributed by atoms with Crippen molar-refractivity contribution in [3.63, 3.8) is 0 Å². The number of primary amides is 1. The SMILES string of the molecule is NC(=O)c1cnc(Nc2cccc(N3CCCCC3)c2)cc1NC(CO)c1ccccc1. The number of nitrogens with one attached hydrogen (secondary N) is 2. The van der Waals surface area contributed by atoms with Crippen LogP contribution in [0, 0.1) is 0 Å². The Morgan fingerprint density at radius 1 is 1.06 bits per heavy atom. The minimum atomic E-state index is -0.580. The maximum Gasteiger partial charge on any atom is 0.252 e. The van der Waals surface area contributed by atoms with Gasteiger partial charge in [-0.1, -0.05) is 36.4 Å². The average Bonchev–Trinajstić information content (AvgIpc) is 2.84. The smallest absolute Gasteiger partial charge is 0.252 e. The van der Waals surface area contributed by atoms with Crippen LogP contribution in [0.25, 0.3) is 0 Å². The standard InChI is InChI=1S/C25H29N5O2/c26-25(32)21-16-27-24(15-22(21)29-23(17-31)18-8-3-1-4-9-18)28-19-10-7-11-20(14-19)30-12-5-2-6-13-30/h1,3-4,7-11,14-16,23,31H,2,5-6,12-13,17H2,(H2,26,32)(H2,27,28,29). The third-order valence-corrected chi connectivity index (χ3v) is 5.72. The number of carbonyl (C=O) groups is 1. The van der Waals surface area contributed by atoms with Crippen molar-refractivity contribution >= 4 is 28.8 Å². The van der Waals surface area contributed by atoms with Gasteiger partial charge in [0.2, 0.25) is 0 Å². The van der Waals surface area contributed by atoms with Gasteiger partial charge in [0.15, 0.2) is 0 Å². The molecule has 3 aromatic rings. The van der Waals surface area contributed by atoms with Crippen LogP contribution in [0.4, 0.5) is 22.9 Å². The van der Waals surface area contributed by atoms with Crippen molar-refractivity contribution in [2.24, 2.45) is 5.73 Å². The number of aliphatic hydroxyl groups excluding tert-OH is 1. The van der Waals surface area contributed by atoms with Gasteiger partial charge in [-0.05, 0) is 43.0 Å². The number of piperidine rings is 1. The highest BCUT2D eigenvalue weighted by molar-refractivity contribution is 5.98. The van der Waals surface area contributed by atoms with E-state index in [9.17, 15) is 9.90 Å². The summed E-state index contributed by atoms with van der Waals surface area (Å²) in [7, 11) is 0. The van der Waals surface area contributed by atoms with Crippen LogP contribution in [0.1, 0.15) is 41.2 Å². The molecule has 0 radical (unpaired) electrons. The number of amides is 1. The number of aromatic nitrogens is 1. The van der Waals surface area contributed by atoms with Gasteiger partial charge in [0.25, 0.3) is 5.91 Å². The number of anilines is 4. The van der Waals surface area contributed by atoms with E-state index in [4.69, 9.17) is 5.73 Å². The van der Waals surface area contributed by atoms with Gasteiger partial charge in [-0.15, -0.1) is 0 Å². The second kappa shape index (κ2) is 10.2. The second-order valence-electron chi connectivity index (χ2n) is 7.99. The molecule has 1 fully saturated rings. The van der Waals surface area contributed by atoms with E-state index in [2.05, 4.69) is 32.7 Å². The summed E-state index contributed by atoms with van der Waals surface area (Å²) in [5, 5.41) is 16.5. The van der Waals surface area contributed by atoms with Crippen LogP contribution in [0.3, 0.4) is 0 Å². The molecule has 1 atom stereocenters. The van der Waals surface area contributed by atoms with Crippen LogP contribution in [0.2, 0.25) is 0 Å². The molecule has 166 valence electrons. The Hall–Kier alpha value is -3.58. The van der Waals surface area contributed by atoms with E-state index in [0.29, 0.717) is 11.5 Å². The number of aliphatic hydroxyl groups is 1. The number of hydrogen-bond donors (Lipinski definition) is 4. The van der Waals surface area contributed by atoms with Crippen molar-refractivity contribution in [3.8, 4) is 0 Å². The van der Waals surface area contributed by atoms with Crippen LogP contribution in [0.15, 0.2) is 66.9 Å². The zero-order chi connectivity index (χ0) is 22.3. The Kier molecular flexibility index (Phi) is 6.87. The Bertz CT molecular complexity index is 1050. The van der Waals surface area contributed by atoms with Crippen LogP contribution < -0.4 is 21.3 Å². The quantitative estimate of drug-likeness (QED) is 0.429. The summed E-state index contributed by atoms with van der Waals surface area (Å²) < 4.78 is 0. The van der Waals surface area contributed by atoms with Gasteiger partial charge in [0.1, 0.15) is 5.82 Å². The van der Waals surface area contributed by atoms with Crippen LogP contribution in [-0.4, -0.2) is 35.7 Å². The van der Waals surface area contributed by atoms with E-state index in [-0.39, 0.29) is 18.2 Å². The molecular weight excluding hydrogens is 402 g/mol. The third kappa shape index (κ3) is 5.18. The van der Waals surface area contributed by atoms with Crippen LogP contribution >= 0.6 is 0 Å². The molecule has 1 amide bonds. The predicted molar refractivity (Wildman–Crippen MR) is 128 cm³/mol. The van der Waals surface area contributed by atoms with Gasteiger partial charge in [-0.3, -0.25) is 4.79 Å². The van der Waals surface area contributed by atoms with Crippen LogP contribution in [0.5, 0.6) is 0 Å². The number of hydrogen-bond acceptors (Lipinski definition) is 6. The lowest BCUT2D eigenvalue weighted by Gasteiger charge is -2.29. The zero-order valence-electron chi connectivity index (χ0n) is 18.0. The normalized spacial score (nSPS) is 14.6. The number of benzene rings is 2. The maximum absolute atomic E-state index is 12.0. The fraction of sp³-hybridized carbons (Fsp3) is 0.280. The van der Waals surface area contributed by atoms with Gasteiger partial charge in [0, 0.05) is 36.7 Å². The van der Waals surface area contributed by atoms with Crippen molar-refractivity contribution in [1.82, 2.24) is 4.98 Å². The Morgan fingerprint density at radius 3 is 2.56 bits per heavy atom. The highest BCUT2D eigenvalue weighted by Gasteiger charge is 2.16. The zero-order valence-corrected chi connectivity index (χ0v) is 18.0. The van der Waals surface area contributed by atoms with Crippen molar-refractivity contribution in [2.75, 3.05) is 35.2 Å². The van der Waals surface area contributed by atoms with Crippen molar-refractivity contribution < 1.29 is 9.90 Å². The third-order valence-electron chi connectivity index (χ3n) is 5.72. The van der Waals surface area contributed by atoms with E-state index in [1.165, 1.54) is 31.1 Å². The molecule has 4 rings (SSSR count). The highest BCUT2D eigenvalue weighted by atomic mass is 16.3. The van der Waals surface area contributed by atoms with E-state index >= 15 is 0 Å².